The van der Waals surface area contributed by atoms with Crippen LogP contribution in [0.5, 0.6) is 0 Å². The van der Waals surface area contributed by atoms with Gasteiger partial charge in [-0.1, -0.05) is 32.0 Å². The number of carboxylic acids is 1. The Morgan fingerprint density at radius 2 is 1.95 bits per heavy atom. The summed E-state index contributed by atoms with van der Waals surface area (Å²) in [4.78, 5) is 11.1. The molecule has 0 heterocycles. The second-order valence-electron chi connectivity index (χ2n) is 4.46. The number of carboxylic acid groups (broad SMARTS) is 1. The van der Waals surface area contributed by atoms with Crippen molar-refractivity contribution in [3.63, 3.8) is 0 Å². The minimum atomic E-state index is -3.64. The molecule has 1 rings (SSSR count). The Morgan fingerprint density at radius 3 is 2.42 bits per heavy atom. The van der Waals surface area contributed by atoms with Crippen LogP contribution in [-0.4, -0.2) is 36.9 Å². The van der Waals surface area contributed by atoms with E-state index >= 15 is 0 Å². The van der Waals surface area contributed by atoms with Crippen molar-refractivity contribution in [3.05, 3.63) is 29.8 Å². The lowest BCUT2D eigenvalue weighted by Gasteiger charge is -2.23. The fraction of sp³-hybridized carbons (Fsp3) is 0.462. The van der Waals surface area contributed by atoms with Crippen LogP contribution < -0.4 is 0 Å². The molecule has 19 heavy (non-hydrogen) atoms. The van der Waals surface area contributed by atoms with Crippen molar-refractivity contribution >= 4 is 16.0 Å². The summed E-state index contributed by atoms with van der Waals surface area (Å²) in [7, 11) is -3.64. The maximum absolute atomic E-state index is 12.5. The minimum Gasteiger partial charge on any atom is -0.481 e. The molecule has 1 atom stereocenters. The molecule has 1 N–H and O–H groups in total. The van der Waals surface area contributed by atoms with Gasteiger partial charge in [0.2, 0.25) is 10.0 Å². The number of aliphatic carboxylic acids is 1. The first-order valence-corrected chi connectivity index (χ1v) is 7.53. The number of hydrogen-bond acceptors (Lipinski definition) is 3. The first-order chi connectivity index (χ1) is 8.80. The van der Waals surface area contributed by atoms with Crippen LogP contribution >= 0.6 is 0 Å². The molecule has 0 aliphatic carbocycles. The van der Waals surface area contributed by atoms with Gasteiger partial charge in [0, 0.05) is 13.1 Å². The Balaban J connectivity index is 3.10. The highest BCUT2D eigenvalue weighted by atomic mass is 32.2. The molecule has 0 saturated heterocycles. The summed E-state index contributed by atoms with van der Waals surface area (Å²) < 4.78 is 26.2. The molecular weight excluding hydrogens is 266 g/mol. The molecule has 0 fully saturated rings. The molecule has 0 bridgehead atoms. The zero-order chi connectivity index (χ0) is 14.6. The number of carbonyl (C=O) groups is 1. The van der Waals surface area contributed by atoms with Gasteiger partial charge in [-0.2, -0.15) is 4.31 Å². The molecule has 0 spiro atoms. The summed E-state index contributed by atoms with van der Waals surface area (Å²) in [5.41, 5.74) is 0.656. The molecule has 1 aromatic carbocycles. The van der Waals surface area contributed by atoms with Gasteiger partial charge in [0.25, 0.3) is 0 Å². The van der Waals surface area contributed by atoms with Crippen LogP contribution in [0.15, 0.2) is 29.2 Å². The SMILES string of the molecule is CCN(CC(C)C(=O)O)S(=O)(=O)c1ccccc1C. The molecule has 0 aliphatic heterocycles. The molecule has 6 heteroatoms. The maximum atomic E-state index is 12.5. The number of rotatable bonds is 6. The Morgan fingerprint density at radius 1 is 1.37 bits per heavy atom. The fourth-order valence-electron chi connectivity index (χ4n) is 1.77. The standard InChI is InChI=1S/C13H19NO4S/c1-4-14(9-11(3)13(15)16)19(17,18)12-8-6-5-7-10(12)2/h5-8,11H,4,9H2,1-3H3,(H,15,16). The molecule has 0 aliphatic rings. The van der Waals surface area contributed by atoms with Gasteiger partial charge >= 0.3 is 5.97 Å². The lowest BCUT2D eigenvalue weighted by molar-refractivity contribution is -0.141. The van der Waals surface area contributed by atoms with Gasteiger partial charge in [0.1, 0.15) is 0 Å². The highest BCUT2D eigenvalue weighted by Crippen LogP contribution is 2.20. The maximum Gasteiger partial charge on any atom is 0.307 e. The van der Waals surface area contributed by atoms with Crippen molar-refractivity contribution in [2.45, 2.75) is 25.7 Å². The first kappa shape index (κ1) is 15.7. The van der Waals surface area contributed by atoms with Gasteiger partial charge in [0.15, 0.2) is 0 Å². The van der Waals surface area contributed by atoms with E-state index in [-0.39, 0.29) is 18.0 Å². The van der Waals surface area contributed by atoms with Crippen molar-refractivity contribution in [1.29, 1.82) is 0 Å². The molecule has 0 saturated carbocycles. The molecule has 0 radical (unpaired) electrons. The molecule has 0 aromatic heterocycles. The van der Waals surface area contributed by atoms with E-state index in [1.165, 1.54) is 11.2 Å². The van der Waals surface area contributed by atoms with Gasteiger partial charge in [-0.05, 0) is 18.6 Å². The van der Waals surface area contributed by atoms with Gasteiger partial charge < -0.3 is 5.11 Å². The zero-order valence-corrected chi connectivity index (χ0v) is 12.1. The van der Waals surface area contributed by atoms with E-state index in [1.807, 2.05) is 0 Å². The minimum absolute atomic E-state index is 0.0253. The van der Waals surface area contributed by atoms with E-state index < -0.39 is 21.9 Å². The summed E-state index contributed by atoms with van der Waals surface area (Å²) in [5.74, 6) is -1.74. The van der Waals surface area contributed by atoms with Crippen molar-refractivity contribution in [2.75, 3.05) is 13.1 Å². The first-order valence-electron chi connectivity index (χ1n) is 6.09. The topological polar surface area (TPSA) is 74.7 Å². The van der Waals surface area contributed by atoms with Crippen molar-refractivity contribution in [1.82, 2.24) is 4.31 Å². The third-order valence-electron chi connectivity index (χ3n) is 2.96. The van der Waals surface area contributed by atoms with Gasteiger partial charge in [-0.15, -0.1) is 0 Å². The Hall–Kier alpha value is -1.40. The third-order valence-corrected chi connectivity index (χ3v) is 5.06. The van der Waals surface area contributed by atoms with E-state index in [2.05, 4.69) is 0 Å². The van der Waals surface area contributed by atoms with Crippen LogP contribution in [0.25, 0.3) is 0 Å². The van der Waals surface area contributed by atoms with Crippen molar-refractivity contribution in [2.24, 2.45) is 5.92 Å². The summed E-state index contributed by atoms with van der Waals surface area (Å²) in [6.07, 6.45) is 0. The fourth-order valence-corrected chi connectivity index (χ4v) is 3.53. The third kappa shape index (κ3) is 3.54. The predicted molar refractivity (Wildman–Crippen MR) is 72.4 cm³/mol. The van der Waals surface area contributed by atoms with Crippen LogP contribution in [-0.2, 0) is 14.8 Å². The summed E-state index contributed by atoms with van der Waals surface area (Å²) in [6, 6.07) is 6.69. The van der Waals surface area contributed by atoms with E-state index in [0.29, 0.717) is 5.56 Å². The molecule has 1 unspecified atom stereocenters. The normalized spacial score (nSPS) is 13.5. The molecular formula is C13H19NO4S. The molecule has 5 nitrogen and oxygen atoms in total. The van der Waals surface area contributed by atoms with E-state index in [1.54, 1.807) is 38.1 Å². The van der Waals surface area contributed by atoms with E-state index in [9.17, 15) is 13.2 Å². The number of aryl methyl sites for hydroxylation is 1. The summed E-state index contributed by atoms with van der Waals surface area (Å²) in [6.45, 7) is 5.14. The van der Waals surface area contributed by atoms with E-state index in [4.69, 9.17) is 5.11 Å². The predicted octanol–water partition coefficient (Wildman–Crippen LogP) is 1.73. The van der Waals surface area contributed by atoms with Crippen LogP contribution in [0, 0.1) is 12.8 Å². The monoisotopic (exact) mass is 285 g/mol. The largest absolute Gasteiger partial charge is 0.481 e. The Bertz CT molecular complexity index is 554. The smallest absolute Gasteiger partial charge is 0.307 e. The molecule has 0 amide bonds. The summed E-state index contributed by atoms with van der Waals surface area (Å²) in [5, 5.41) is 8.90. The van der Waals surface area contributed by atoms with Crippen LogP contribution in [0.3, 0.4) is 0 Å². The zero-order valence-electron chi connectivity index (χ0n) is 11.3. The average molecular weight is 285 g/mol. The van der Waals surface area contributed by atoms with Crippen molar-refractivity contribution < 1.29 is 18.3 Å². The lowest BCUT2D eigenvalue weighted by Crippen LogP contribution is -2.37. The van der Waals surface area contributed by atoms with Gasteiger partial charge in [-0.3, -0.25) is 4.79 Å². The highest BCUT2D eigenvalue weighted by molar-refractivity contribution is 7.89. The van der Waals surface area contributed by atoms with Crippen LogP contribution in [0.1, 0.15) is 19.4 Å². The average Bonchev–Trinajstić information content (AvgIpc) is 2.35. The molecule has 1 aromatic rings. The molecule has 106 valence electrons. The second-order valence-corrected chi connectivity index (χ2v) is 6.37. The van der Waals surface area contributed by atoms with Crippen LogP contribution in [0.2, 0.25) is 0 Å². The summed E-state index contributed by atoms with van der Waals surface area (Å²) >= 11 is 0. The Kier molecular flexibility index (Phi) is 5.08. The van der Waals surface area contributed by atoms with Crippen molar-refractivity contribution in [3.8, 4) is 0 Å². The number of sulfonamides is 1. The second kappa shape index (κ2) is 6.16. The van der Waals surface area contributed by atoms with Crippen LogP contribution in [0.4, 0.5) is 0 Å². The Labute approximate surface area is 113 Å². The highest BCUT2D eigenvalue weighted by Gasteiger charge is 2.27. The van der Waals surface area contributed by atoms with Gasteiger partial charge in [-0.25, -0.2) is 8.42 Å². The van der Waals surface area contributed by atoms with E-state index in [0.717, 1.165) is 0 Å². The number of benzene rings is 1. The number of nitrogens with zero attached hydrogens (tertiary/aromatic N) is 1. The van der Waals surface area contributed by atoms with Gasteiger partial charge in [0.05, 0.1) is 10.8 Å². The number of hydrogen-bond donors (Lipinski definition) is 1. The lowest BCUT2D eigenvalue weighted by atomic mass is 10.2. The quantitative estimate of drug-likeness (QED) is 0.863.